The molecular weight excluding hydrogens is 410 g/mol. The summed E-state index contributed by atoms with van der Waals surface area (Å²) in [7, 11) is -3.63. The van der Waals surface area contributed by atoms with Crippen LogP contribution in [0.25, 0.3) is 0 Å². The number of halogens is 1. The zero-order valence-electron chi connectivity index (χ0n) is 13.3. The van der Waals surface area contributed by atoms with Gasteiger partial charge in [0.05, 0.1) is 11.1 Å². The first kappa shape index (κ1) is 18.0. The van der Waals surface area contributed by atoms with Crippen LogP contribution in [-0.2, 0) is 14.8 Å². The molecule has 0 aliphatic carbocycles. The fourth-order valence-electron chi connectivity index (χ4n) is 3.48. The van der Waals surface area contributed by atoms with Crippen LogP contribution in [0.3, 0.4) is 0 Å². The van der Waals surface area contributed by atoms with E-state index >= 15 is 0 Å². The maximum atomic E-state index is 13.0. The van der Waals surface area contributed by atoms with Gasteiger partial charge < -0.3 is 10.6 Å². The smallest absolute Gasteiger partial charge is 0.271 e. The van der Waals surface area contributed by atoms with Gasteiger partial charge in [0.15, 0.2) is 0 Å². The number of nitrogens with zero attached hydrogens (tertiary/aromatic N) is 3. The van der Waals surface area contributed by atoms with Gasteiger partial charge in [-0.25, -0.2) is 13.9 Å². The number of nitrogens with one attached hydrogen (secondary N) is 1. The summed E-state index contributed by atoms with van der Waals surface area (Å²) < 4.78 is 28.3. The van der Waals surface area contributed by atoms with Crippen LogP contribution in [0.1, 0.15) is 12.8 Å². The van der Waals surface area contributed by atoms with Gasteiger partial charge in [-0.05, 0) is 31.0 Å². The van der Waals surface area contributed by atoms with Crippen molar-refractivity contribution in [2.24, 2.45) is 10.8 Å². The van der Waals surface area contributed by atoms with Crippen LogP contribution < -0.4 is 5.73 Å². The summed E-state index contributed by atoms with van der Waals surface area (Å²) in [6.07, 6.45) is 2.40. The van der Waals surface area contributed by atoms with Crippen molar-refractivity contribution < 1.29 is 13.2 Å². The fourth-order valence-corrected chi connectivity index (χ4v) is 5.93. The van der Waals surface area contributed by atoms with E-state index in [1.54, 1.807) is 29.2 Å². The first-order chi connectivity index (χ1) is 11.8. The van der Waals surface area contributed by atoms with Gasteiger partial charge in [0.2, 0.25) is 10.0 Å². The van der Waals surface area contributed by atoms with Crippen molar-refractivity contribution in [2.75, 3.05) is 13.1 Å². The number of amides is 1. The van der Waals surface area contributed by atoms with Crippen molar-refractivity contribution >= 4 is 31.9 Å². The molecule has 8 nitrogen and oxygen atoms in total. The SMILES string of the molecule is N=N/C=C(\N)C(=O)N1CC2CCC(C1)N2S(=O)(=O)c1cccc(Br)c1. The Balaban J connectivity index is 1.85. The Kier molecular flexibility index (Phi) is 4.94. The van der Waals surface area contributed by atoms with Crippen LogP contribution in [0.4, 0.5) is 0 Å². The molecule has 2 saturated heterocycles. The Morgan fingerprint density at radius 1 is 1.32 bits per heavy atom. The zero-order valence-corrected chi connectivity index (χ0v) is 15.7. The lowest BCUT2D eigenvalue weighted by Crippen LogP contribution is -2.57. The lowest BCUT2D eigenvalue weighted by atomic mass is 10.2. The number of piperazine rings is 1. The second-order valence-corrected chi connectivity index (χ2v) is 8.86. The monoisotopic (exact) mass is 427 g/mol. The number of rotatable bonds is 4. The van der Waals surface area contributed by atoms with E-state index in [1.807, 2.05) is 0 Å². The molecule has 0 aromatic heterocycles. The third-order valence-corrected chi connectivity index (χ3v) is 7.02. The highest BCUT2D eigenvalue weighted by Crippen LogP contribution is 2.36. The molecule has 2 fully saturated rings. The van der Waals surface area contributed by atoms with E-state index in [2.05, 4.69) is 21.0 Å². The van der Waals surface area contributed by atoms with Crippen molar-refractivity contribution in [1.29, 1.82) is 5.53 Å². The van der Waals surface area contributed by atoms with Gasteiger partial charge in [0.25, 0.3) is 5.91 Å². The number of fused-ring (bicyclic) bond motifs is 2. The topological polar surface area (TPSA) is 120 Å². The number of nitrogens with two attached hydrogens (primary N) is 1. The van der Waals surface area contributed by atoms with Crippen molar-refractivity contribution in [3.8, 4) is 0 Å². The molecule has 2 bridgehead atoms. The molecule has 0 spiro atoms. The second kappa shape index (κ2) is 6.85. The van der Waals surface area contributed by atoms with Gasteiger partial charge in [-0.1, -0.05) is 22.0 Å². The van der Waals surface area contributed by atoms with Gasteiger partial charge >= 0.3 is 0 Å². The quantitative estimate of drug-likeness (QED) is 0.560. The maximum absolute atomic E-state index is 13.0. The highest BCUT2D eigenvalue weighted by atomic mass is 79.9. The first-order valence-corrected chi connectivity index (χ1v) is 9.98. The van der Waals surface area contributed by atoms with Crippen LogP contribution in [0.5, 0.6) is 0 Å². The zero-order chi connectivity index (χ0) is 18.2. The molecule has 1 aromatic carbocycles. The Morgan fingerprint density at radius 3 is 2.52 bits per heavy atom. The number of likely N-dealkylation sites (tertiary alicyclic amines) is 1. The lowest BCUT2D eigenvalue weighted by Gasteiger charge is -2.40. The van der Waals surface area contributed by atoms with E-state index < -0.39 is 15.9 Å². The van der Waals surface area contributed by atoms with E-state index in [4.69, 9.17) is 11.3 Å². The second-order valence-electron chi connectivity index (χ2n) is 6.10. The summed E-state index contributed by atoms with van der Waals surface area (Å²) >= 11 is 3.30. The Hall–Kier alpha value is -1.78. The fraction of sp³-hybridized carbons (Fsp3) is 0.400. The van der Waals surface area contributed by atoms with E-state index in [0.29, 0.717) is 17.3 Å². The molecule has 2 heterocycles. The minimum Gasteiger partial charge on any atom is -0.393 e. The van der Waals surface area contributed by atoms with Crippen LogP contribution in [0.2, 0.25) is 0 Å². The van der Waals surface area contributed by atoms with Crippen LogP contribution in [0, 0.1) is 5.53 Å². The average Bonchev–Trinajstić information content (AvgIpc) is 2.86. The first-order valence-electron chi connectivity index (χ1n) is 7.75. The van der Waals surface area contributed by atoms with E-state index in [-0.39, 0.29) is 35.8 Å². The number of sulfonamides is 1. The van der Waals surface area contributed by atoms with Gasteiger partial charge in [0.1, 0.15) is 5.70 Å². The predicted octanol–water partition coefficient (Wildman–Crippen LogP) is 1.64. The standard InChI is InChI=1S/C15H18BrN5O3S/c16-10-2-1-3-13(6-10)25(23,24)21-11-4-5-12(21)9-20(8-11)15(22)14(17)7-19-18/h1-3,6-7,11-12,18H,4-5,8-9,17H2/b14-7-,19-18?. The lowest BCUT2D eigenvalue weighted by molar-refractivity contribution is -0.129. The van der Waals surface area contributed by atoms with Crippen molar-refractivity contribution in [2.45, 2.75) is 29.8 Å². The molecule has 2 aliphatic rings. The number of benzene rings is 1. The van der Waals surface area contributed by atoms with E-state index in [1.165, 1.54) is 4.31 Å². The third kappa shape index (κ3) is 3.33. The molecule has 10 heteroatoms. The number of carbonyl (C=O) groups excluding carboxylic acids is 1. The molecule has 0 saturated carbocycles. The molecule has 0 radical (unpaired) electrons. The largest absolute Gasteiger partial charge is 0.393 e. The highest BCUT2D eigenvalue weighted by molar-refractivity contribution is 9.10. The van der Waals surface area contributed by atoms with E-state index in [9.17, 15) is 13.2 Å². The third-order valence-electron chi connectivity index (χ3n) is 4.52. The molecule has 1 aromatic rings. The maximum Gasteiger partial charge on any atom is 0.271 e. The molecule has 134 valence electrons. The number of carbonyl (C=O) groups is 1. The number of hydrogen-bond donors (Lipinski definition) is 2. The predicted molar refractivity (Wildman–Crippen MR) is 94.0 cm³/mol. The normalized spacial score (nSPS) is 24.4. The minimum absolute atomic E-state index is 0.113. The summed E-state index contributed by atoms with van der Waals surface area (Å²) in [5.74, 6) is -0.410. The minimum atomic E-state index is -3.63. The van der Waals surface area contributed by atoms with E-state index in [0.717, 1.165) is 6.20 Å². The van der Waals surface area contributed by atoms with Gasteiger partial charge in [-0.2, -0.15) is 9.42 Å². The molecule has 2 atom stereocenters. The van der Waals surface area contributed by atoms with Gasteiger partial charge in [0, 0.05) is 29.6 Å². The number of hydrogen-bond acceptors (Lipinski definition) is 6. The molecule has 3 rings (SSSR count). The van der Waals surface area contributed by atoms with Crippen molar-refractivity contribution in [1.82, 2.24) is 9.21 Å². The molecule has 2 unspecified atom stereocenters. The summed E-state index contributed by atoms with van der Waals surface area (Å²) in [5.41, 5.74) is 12.3. The Bertz CT molecular complexity index is 827. The highest BCUT2D eigenvalue weighted by Gasteiger charge is 2.47. The molecule has 25 heavy (non-hydrogen) atoms. The summed E-state index contributed by atoms with van der Waals surface area (Å²) in [6.45, 7) is 0.574. The van der Waals surface area contributed by atoms with Gasteiger partial charge in [-0.15, -0.1) is 0 Å². The molecular formula is C15H18BrN5O3S. The molecule has 2 aliphatic heterocycles. The van der Waals surface area contributed by atoms with Crippen LogP contribution >= 0.6 is 15.9 Å². The Morgan fingerprint density at radius 2 is 1.96 bits per heavy atom. The van der Waals surface area contributed by atoms with Crippen molar-refractivity contribution in [3.63, 3.8) is 0 Å². The van der Waals surface area contributed by atoms with Crippen LogP contribution in [-0.4, -0.2) is 48.7 Å². The summed E-state index contributed by atoms with van der Waals surface area (Å²) in [6, 6.07) is 6.08. The Labute approximate surface area is 154 Å². The molecule has 3 N–H and O–H groups in total. The summed E-state index contributed by atoms with van der Waals surface area (Å²) in [5, 5.41) is 3.01. The van der Waals surface area contributed by atoms with Gasteiger partial charge in [-0.3, -0.25) is 4.79 Å². The molecule has 1 amide bonds. The average molecular weight is 428 g/mol. The van der Waals surface area contributed by atoms with Crippen LogP contribution in [0.15, 0.2) is 50.6 Å². The summed E-state index contributed by atoms with van der Waals surface area (Å²) in [4.78, 5) is 14.1. The van der Waals surface area contributed by atoms with Crippen molar-refractivity contribution in [3.05, 3.63) is 40.6 Å².